The van der Waals surface area contributed by atoms with Gasteiger partial charge in [0.2, 0.25) is 0 Å². The molecule has 27 heavy (non-hydrogen) atoms. The van der Waals surface area contributed by atoms with Crippen LogP contribution in [0.15, 0.2) is 0 Å². The zero-order valence-electron chi connectivity index (χ0n) is 18.2. The van der Waals surface area contributed by atoms with Crippen molar-refractivity contribution in [2.75, 3.05) is 6.61 Å². The van der Waals surface area contributed by atoms with Crippen LogP contribution in [0.1, 0.15) is 135 Å². The first-order chi connectivity index (χ1) is 13.2. The maximum atomic E-state index is 11.3. The molecule has 0 heterocycles. The van der Waals surface area contributed by atoms with Crippen molar-refractivity contribution in [2.24, 2.45) is 5.92 Å². The molecule has 0 aromatic carbocycles. The molecule has 162 valence electrons. The van der Waals surface area contributed by atoms with E-state index in [1.54, 1.807) is 0 Å². The highest BCUT2D eigenvalue weighted by molar-refractivity contribution is 5.69. The van der Waals surface area contributed by atoms with Crippen molar-refractivity contribution in [2.45, 2.75) is 135 Å². The van der Waals surface area contributed by atoms with Crippen LogP contribution in [0.4, 0.5) is 0 Å². The Morgan fingerprint density at radius 3 is 1.26 bits per heavy atom. The summed E-state index contributed by atoms with van der Waals surface area (Å²) in [5, 5.41) is 18.1. The minimum atomic E-state index is -0.583. The van der Waals surface area contributed by atoms with Crippen molar-refractivity contribution in [1.29, 1.82) is 0 Å². The maximum absolute atomic E-state index is 11.3. The number of carboxylic acid groups (broad SMARTS) is 1. The van der Waals surface area contributed by atoms with Crippen LogP contribution in [-0.4, -0.2) is 22.8 Å². The molecule has 0 bridgehead atoms. The molecule has 0 fully saturated rings. The summed E-state index contributed by atoms with van der Waals surface area (Å²) < 4.78 is 0. The first kappa shape index (κ1) is 26.4. The Morgan fingerprint density at radius 1 is 0.593 bits per heavy atom. The summed E-state index contributed by atoms with van der Waals surface area (Å²) in [6.07, 6.45) is 24.3. The van der Waals surface area contributed by atoms with Crippen molar-refractivity contribution in [3.8, 4) is 0 Å². The lowest BCUT2D eigenvalue weighted by molar-refractivity contribution is -0.142. The van der Waals surface area contributed by atoms with Crippen LogP contribution in [-0.2, 0) is 4.79 Å². The molecular formula is C24H48O3. The lowest BCUT2D eigenvalue weighted by atomic mass is 9.94. The number of aliphatic hydroxyl groups excluding tert-OH is 1. The minimum Gasteiger partial charge on any atom is -0.481 e. The number of aliphatic carboxylic acids is 1. The van der Waals surface area contributed by atoms with Gasteiger partial charge in [0.1, 0.15) is 0 Å². The van der Waals surface area contributed by atoms with Gasteiger partial charge in [-0.25, -0.2) is 0 Å². The first-order valence-electron chi connectivity index (χ1n) is 12.1. The Balaban J connectivity index is 3.31. The molecule has 0 saturated heterocycles. The van der Waals surface area contributed by atoms with Crippen LogP contribution in [0.3, 0.4) is 0 Å². The maximum Gasteiger partial charge on any atom is 0.306 e. The van der Waals surface area contributed by atoms with Crippen LogP contribution in [0, 0.1) is 5.92 Å². The summed E-state index contributed by atoms with van der Waals surface area (Å²) in [7, 11) is 0. The SMILES string of the molecule is CCCCCCC(CCCCCCCCCCCCCCCCO)C(=O)O. The number of aliphatic hydroxyl groups is 1. The third kappa shape index (κ3) is 20.0. The van der Waals surface area contributed by atoms with E-state index in [1.165, 1.54) is 96.3 Å². The fourth-order valence-electron chi connectivity index (χ4n) is 3.83. The zero-order chi connectivity index (χ0) is 20.0. The lowest BCUT2D eigenvalue weighted by Gasteiger charge is -2.12. The highest BCUT2D eigenvalue weighted by Gasteiger charge is 2.16. The van der Waals surface area contributed by atoms with Crippen LogP contribution in [0.25, 0.3) is 0 Å². The van der Waals surface area contributed by atoms with Crippen LogP contribution in [0.2, 0.25) is 0 Å². The van der Waals surface area contributed by atoms with E-state index in [0.717, 1.165) is 32.1 Å². The largest absolute Gasteiger partial charge is 0.481 e. The molecule has 0 aliphatic carbocycles. The van der Waals surface area contributed by atoms with Gasteiger partial charge in [-0.2, -0.15) is 0 Å². The average Bonchev–Trinajstić information content (AvgIpc) is 2.66. The Bertz CT molecular complexity index is 304. The van der Waals surface area contributed by atoms with Crippen molar-refractivity contribution < 1.29 is 15.0 Å². The predicted octanol–water partition coefficient (Wildman–Crippen LogP) is 7.50. The van der Waals surface area contributed by atoms with Gasteiger partial charge in [0.05, 0.1) is 5.92 Å². The number of rotatable bonds is 22. The molecule has 2 N–H and O–H groups in total. The van der Waals surface area contributed by atoms with Gasteiger partial charge in [0, 0.05) is 6.61 Å². The van der Waals surface area contributed by atoms with Crippen LogP contribution in [0.5, 0.6) is 0 Å². The van der Waals surface area contributed by atoms with Gasteiger partial charge in [-0.3, -0.25) is 4.79 Å². The van der Waals surface area contributed by atoms with Crippen LogP contribution >= 0.6 is 0 Å². The van der Waals surface area contributed by atoms with E-state index in [-0.39, 0.29) is 5.92 Å². The van der Waals surface area contributed by atoms with E-state index < -0.39 is 5.97 Å². The van der Waals surface area contributed by atoms with E-state index in [9.17, 15) is 9.90 Å². The van der Waals surface area contributed by atoms with Gasteiger partial charge in [0.25, 0.3) is 0 Å². The van der Waals surface area contributed by atoms with Gasteiger partial charge in [-0.1, -0.05) is 116 Å². The number of unbranched alkanes of at least 4 members (excludes halogenated alkanes) is 16. The quantitative estimate of drug-likeness (QED) is 0.190. The summed E-state index contributed by atoms with van der Waals surface area (Å²) in [6.45, 7) is 2.54. The molecule has 0 aromatic heterocycles. The molecule has 0 rings (SSSR count). The van der Waals surface area contributed by atoms with Gasteiger partial charge >= 0.3 is 5.97 Å². The van der Waals surface area contributed by atoms with E-state index in [4.69, 9.17) is 5.11 Å². The number of hydrogen-bond acceptors (Lipinski definition) is 2. The molecule has 0 amide bonds. The summed E-state index contributed by atoms with van der Waals surface area (Å²) in [4.78, 5) is 11.3. The molecule has 0 aromatic rings. The molecule has 0 aliphatic heterocycles. The van der Waals surface area contributed by atoms with Gasteiger partial charge in [-0.05, 0) is 19.3 Å². The van der Waals surface area contributed by atoms with Gasteiger partial charge < -0.3 is 10.2 Å². The van der Waals surface area contributed by atoms with E-state index in [1.807, 2.05) is 0 Å². The van der Waals surface area contributed by atoms with Crippen molar-refractivity contribution >= 4 is 5.97 Å². The molecular weight excluding hydrogens is 336 g/mol. The molecule has 1 atom stereocenters. The zero-order valence-corrected chi connectivity index (χ0v) is 18.2. The van der Waals surface area contributed by atoms with E-state index >= 15 is 0 Å². The highest BCUT2D eigenvalue weighted by atomic mass is 16.4. The third-order valence-electron chi connectivity index (χ3n) is 5.72. The molecule has 0 saturated carbocycles. The third-order valence-corrected chi connectivity index (χ3v) is 5.72. The second kappa shape index (κ2) is 21.7. The smallest absolute Gasteiger partial charge is 0.306 e. The van der Waals surface area contributed by atoms with Gasteiger partial charge in [0.15, 0.2) is 0 Å². The van der Waals surface area contributed by atoms with Crippen molar-refractivity contribution in [3.63, 3.8) is 0 Å². The second-order valence-corrected chi connectivity index (χ2v) is 8.35. The molecule has 0 spiro atoms. The Morgan fingerprint density at radius 2 is 0.926 bits per heavy atom. The fourth-order valence-corrected chi connectivity index (χ4v) is 3.83. The summed E-state index contributed by atoms with van der Waals surface area (Å²) in [6, 6.07) is 0. The normalized spacial score (nSPS) is 12.4. The second-order valence-electron chi connectivity index (χ2n) is 8.35. The summed E-state index contributed by atoms with van der Waals surface area (Å²) >= 11 is 0. The molecule has 3 heteroatoms. The van der Waals surface area contributed by atoms with E-state index in [0.29, 0.717) is 6.61 Å². The number of carbonyl (C=O) groups is 1. The Hall–Kier alpha value is -0.570. The predicted molar refractivity (Wildman–Crippen MR) is 116 cm³/mol. The Labute approximate surface area is 169 Å². The van der Waals surface area contributed by atoms with E-state index in [2.05, 4.69) is 6.92 Å². The van der Waals surface area contributed by atoms with Crippen molar-refractivity contribution in [1.82, 2.24) is 0 Å². The first-order valence-corrected chi connectivity index (χ1v) is 12.1. The molecule has 0 radical (unpaired) electrons. The lowest BCUT2D eigenvalue weighted by Crippen LogP contribution is -2.13. The summed E-state index contributed by atoms with van der Waals surface area (Å²) in [5.41, 5.74) is 0. The number of hydrogen-bond donors (Lipinski definition) is 2. The number of carboxylic acids is 1. The summed E-state index contributed by atoms with van der Waals surface area (Å²) in [5.74, 6) is -0.689. The van der Waals surface area contributed by atoms with Gasteiger partial charge in [-0.15, -0.1) is 0 Å². The topological polar surface area (TPSA) is 57.5 Å². The minimum absolute atomic E-state index is 0.106. The Kier molecular flexibility index (Phi) is 21.3. The van der Waals surface area contributed by atoms with Crippen molar-refractivity contribution in [3.05, 3.63) is 0 Å². The fraction of sp³-hybridized carbons (Fsp3) is 0.958. The highest BCUT2D eigenvalue weighted by Crippen LogP contribution is 2.19. The monoisotopic (exact) mass is 384 g/mol. The average molecular weight is 385 g/mol. The molecule has 0 aliphatic rings. The van der Waals surface area contributed by atoms with Crippen LogP contribution < -0.4 is 0 Å². The molecule has 1 unspecified atom stereocenters. The molecule has 3 nitrogen and oxygen atoms in total. The standard InChI is InChI=1S/C24H48O3/c1-2-3-4-17-20-23(24(26)27)21-18-15-13-11-9-7-5-6-8-10-12-14-16-19-22-25/h23,25H,2-22H2,1H3,(H,26,27).